The highest BCUT2D eigenvalue weighted by atomic mass is 35.7. The Balaban J connectivity index is 1.49. The van der Waals surface area contributed by atoms with Crippen molar-refractivity contribution in [1.29, 1.82) is 0 Å². The molecule has 1 fully saturated rings. The smallest absolute Gasteiger partial charge is 0.395 e. The molecular formula is C33H22ClF9O5S. The number of alkyl halides is 6. The molecule has 260 valence electrons. The van der Waals surface area contributed by atoms with E-state index >= 15 is 8.78 Å². The monoisotopic (exact) mass is 736 g/mol. The van der Waals surface area contributed by atoms with Gasteiger partial charge in [-0.15, -0.1) is 0 Å². The Morgan fingerprint density at radius 3 is 1.33 bits per heavy atom. The average molecular weight is 737 g/mol. The van der Waals surface area contributed by atoms with Crippen LogP contribution in [-0.4, -0.2) is 32.0 Å². The summed E-state index contributed by atoms with van der Waals surface area (Å²) in [5, 5.41) is 0. The SMILES string of the molecule is Cc1ccc(C(C)(c2ccc(OC(F)=C(F)F)cc2)c2ccc(OC3(F)C(F)(F)C(F)(F)C3(F)Oc3ccc(S(=O)(=O)Cl)cc3)cc2)cc1. The van der Waals surface area contributed by atoms with Crippen molar-refractivity contribution in [2.24, 2.45) is 0 Å². The third-order valence-electron chi connectivity index (χ3n) is 8.09. The fraction of sp³-hybridized carbons (Fsp3) is 0.212. The minimum absolute atomic E-state index is 0.257. The topological polar surface area (TPSA) is 61.8 Å². The van der Waals surface area contributed by atoms with E-state index in [0.717, 1.165) is 17.7 Å². The number of halogens is 10. The first-order valence-corrected chi connectivity index (χ1v) is 16.2. The zero-order valence-electron chi connectivity index (χ0n) is 25.0. The van der Waals surface area contributed by atoms with Crippen molar-refractivity contribution in [3.8, 4) is 17.2 Å². The molecule has 5 nitrogen and oxygen atoms in total. The van der Waals surface area contributed by atoms with E-state index in [1.807, 2.05) is 6.92 Å². The quantitative estimate of drug-likeness (QED) is 0.0703. The Kier molecular flexibility index (Phi) is 8.94. The number of aryl methyl sites for hydroxylation is 1. The standard InChI is InChI=1S/C33H22ClF9O5S/c1-19-3-5-20(6-4-19)29(2,21-7-11-23(12-8-21)46-28(37)27(35)36)22-9-13-24(14-10-22)47-32(42)30(38,39)31(40,41)33(32,43)48-25-15-17-26(18-16-25)49(34,44)45/h3-18H,1-2H3. The molecule has 0 spiro atoms. The van der Waals surface area contributed by atoms with Gasteiger partial charge in [-0.1, -0.05) is 54.1 Å². The molecule has 16 heteroatoms. The van der Waals surface area contributed by atoms with Crippen LogP contribution in [0.25, 0.3) is 0 Å². The molecule has 1 aliphatic carbocycles. The van der Waals surface area contributed by atoms with Gasteiger partial charge in [0.25, 0.3) is 9.05 Å². The summed E-state index contributed by atoms with van der Waals surface area (Å²) in [4.78, 5) is -0.567. The van der Waals surface area contributed by atoms with Gasteiger partial charge in [0, 0.05) is 16.1 Å². The fourth-order valence-electron chi connectivity index (χ4n) is 5.24. The maximum atomic E-state index is 15.8. The molecule has 0 heterocycles. The summed E-state index contributed by atoms with van der Waals surface area (Å²) in [5.74, 6) is -23.7. The van der Waals surface area contributed by atoms with Crippen molar-refractivity contribution in [1.82, 2.24) is 0 Å². The maximum absolute atomic E-state index is 15.8. The van der Waals surface area contributed by atoms with Crippen LogP contribution >= 0.6 is 10.7 Å². The summed E-state index contributed by atoms with van der Waals surface area (Å²) in [6, 6.07) is 17.3. The van der Waals surface area contributed by atoms with Crippen LogP contribution in [-0.2, 0) is 14.5 Å². The second kappa shape index (κ2) is 12.2. The lowest BCUT2D eigenvalue weighted by molar-refractivity contribution is -0.527. The normalized spacial score (nSPS) is 22.3. The second-order valence-electron chi connectivity index (χ2n) is 11.1. The minimum atomic E-state index is -5.75. The van der Waals surface area contributed by atoms with E-state index in [9.17, 15) is 39.2 Å². The minimum Gasteiger partial charge on any atom is -0.447 e. The first kappa shape index (κ1) is 35.9. The summed E-state index contributed by atoms with van der Waals surface area (Å²) in [6.07, 6.45) is -2.66. The largest absolute Gasteiger partial charge is 0.447 e. The molecule has 1 aliphatic rings. The number of hydrogen-bond acceptors (Lipinski definition) is 5. The van der Waals surface area contributed by atoms with Crippen LogP contribution < -0.4 is 14.2 Å². The van der Waals surface area contributed by atoms with Gasteiger partial charge in [0.05, 0.1) is 4.90 Å². The molecule has 5 rings (SSSR count). The van der Waals surface area contributed by atoms with Crippen LogP contribution in [0.4, 0.5) is 39.5 Å². The van der Waals surface area contributed by atoms with Crippen molar-refractivity contribution in [3.05, 3.63) is 131 Å². The molecule has 0 aromatic heterocycles. The highest BCUT2D eigenvalue weighted by molar-refractivity contribution is 8.13. The van der Waals surface area contributed by atoms with E-state index in [1.165, 1.54) is 36.4 Å². The van der Waals surface area contributed by atoms with E-state index in [0.29, 0.717) is 41.0 Å². The summed E-state index contributed by atoms with van der Waals surface area (Å²) in [5.41, 5.74) is 1.27. The fourth-order valence-corrected chi connectivity index (χ4v) is 6.01. The van der Waals surface area contributed by atoms with Gasteiger partial charge in [-0.3, -0.25) is 0 Å². The zero-order chi connectivity index (χ0) is 36.2. The highest BCUT2D eigenvalue weighted by Gasteiger charge is 3.03. The number of rotatable bonds is 10. The van der Waals surface area contributed by atoms with Crippen molar-refractivity contribution < 1.29 is 62.1 Å². The summed E-state index contributed by atoms with van der Waals surface area (Å²) in [7, 11) is 0.854. The summed E-state index contributed by atoms with van der Waals surface area (Å²) in [6.45, 7) is 3.54. The van der Waals surface area contributed by atoms with Crippen LogP contribution in [0.2, 0.25) is 0 Å². The van der Waals surface area contributed by atoms with Crippen molar-refractivity contribution in [2.45, 2.75) is 47.7 Å². The first-order chi connectivity index (χ1) is 22.7. The van der Waals surface area contributed by atoms with Gasteiger partial charge in [-0.2, -0.15) is 39.5 Å². The molecule has 0 aliphatic heterocycles. The Labute approximate surface area is 277 Å². The summed E-state index contributed by atoms with van der Waals surface area (Å²) >= 11 is 0. The Bertz CT molecular complexity index is 1990. The van der Waals surface area contributed by atoms with Gasteiger partial charge < -0.3 is 14.2 Å². The predicted octanol–water partition coefficient (Wildman–Crippen LogP) is 9.76. The molecule has 49 heavy (non-hydrogen) atoms. The third-order valence-corrected chi connectivity index (χ3v) is 9.46. The van der Waals surface area contributed by atoms with Gasteiger partial charge in [0.15, 0.2) is 0 Å². The zero-order valence-corrected chi connectivity index (χ0v) is 26.5. The van der Waals surface area contributed by atoms with E-state index < -0.39 is 66.5 Å². The van der Waals surface area contributed by atoms with Gasteiger partial charge in [-0.25, -0.2) is 8.42 Å². The first-order valence-electron chi connectivity index (χ1n) is 13.9. The van der Waals surface area contributed by atoms with Crippen LogP contribution in [0.3, 0.4) is 0 Å². The van der Waals surface area contributed by atoms with Crippen LogP contribution in [0, 0.1) is 6.92 Å². The summed E-state index contributed by atoms with van der Waals surface area (Å²) < 4.78 is 164. The van der Waals surface area contributed by atoms with E-state index in [4.69, 9.17) is 10.7 Å². The molecule has 0 amide bonds. The lowest BCUT2D eigenvalue weighted by Gasteiger charge is -2.55. The van der Waals surface area contributed by atoms with Crippen LogP contribution in [0.5, 0.6) is 17.2 Å². The van der Waals surface area contributed by atoms with Gasteiger partial charge in [0.1, 0.15) is 17.2 Å². The van der Waals surface area contributed by atoms with Gasteiger partial charge >= 0.3 is 35.6 Å². The Hall–Kier alpha value is -4.37. The molecule has 3 atom stereocenters. The number of hydrogen-bond donors (Lipinski definition) is 0. The predicted molar refractivity (Wildman–Crippen MR) is 159 cm³/mol. The molecule has 1 saturated carbocycles. The molecule has 3 unspecified atom stereocenters. The molecule has 4 aromatic carbocycles. The van der Waals surface area contributed by atoms with Gasteiger partial charge in [0.2, 0.25) is 0 Å². The van der Waals surface area contributed by atoms with Crippen LogP contribution in [0.15, 0.2) is 114 Å². The Morgan fingerprint density at radius 1 is 0.612 bits per heavy atom. The molecule has 0 bridgehead atoms. The Morgan fingerprint density at radius 2 is 0.959 bits per heavy atom. The molecule has 0 saturated heterocycles. The molecule has 0 radical (unpaired) electrons. The van der Waals surface area contributed by atoms with Crippen molar-refractivity contribution in [3.63, 3.8) is 0 Å². The highest BCUT2D eigenvalue weighted by Crippen LogP contribution is 2.68. The van der Waals surface area contributed by atoms with Gasteiger partial charge in [-0.05, 0) is 79.1 Å². The average Bonchev–Trinajstić information content (AvgIpc) is 3.04. The van der Waals surface area contributed by atoms with Crippen LogP contribution in [0.1, 0.15) is 29.2 Å². The molecule has 4 aromatic rings. The van der Waals surface area contributed by atoms with E-state index in [-0.39, 0.29) is 5.75 Å². The molecule has 0 N–H and O–H groups in total. The van der Waals surface area contributed by atoms with E-state index in [1.54, 1.807) is 31.2 Å². The third kappa shape index (κ3) is 5.86. The number of ether oxygens (including phenoxy) is 3. The lowest BCUT2D eigenvalue weighted by Crippen LogP contribution is -2.89. The lowest BCUT2D eigenvalue weighted by atomic mass is 9.71. The maximum Gasteiger partial charge on any atom is 0.395 e. The second-order valence-corrected chi connectivity index (χ2v) is 13.7. The van der Waals surface area contributed by atoms with Crippen molar-refractivity contribution >= 4 is 19.7 Å². The molecular weight excluding hydrogens is 715 g/mol. The van der Waals surface area contributed by atoms with E-state index in [2.05, 4.69) is 14.2 Å². The van der Waals surface area contributed by atoms with Crippen molar-refractivity contribution in [2.75, 3.05) is 0 Å². The number of benzene rings is 4.